The number of nitrogens with one attached hydrogen (secondary N) is 1. The zero-order chi connectivity index (χ0) is 23.1. The van der Waals surface area contributed by atoms with Gasteiger partial charge in [-0.3, -0.25) is 24.2 Å². The number of hydrogen-bond donors (Lipinski definition) is 1. The number of carbonyl (C=O) groups is 4. The highest BCUT2D eigenvalue weighted by atomic mass is 16.5. The van der Waals surface area contributed by atoms with E-state index in [0.29, 0.717) is 48.2 Å². The minimum absolute atomic E-state index is 0.247. The fraction of sp³-hybridized carbons (Fsp3) is 0.458. The summed E-state index contributed by atoms with van der Waals surface area (Å²) in [5, 5.41) is 3.29. The standard InChI is InChI=1S/C24H29N3O5/c1-3-4-5-13-32-17-8-9-18-19(10-11-25-20(18)14-17)24(31)26-15-22(29)27-12-6-7-21(27)23(30)16(2)28/h8-11,14,21H,3-7,12-13,15H2,1-2H3,(H,26,31). The molecule has 0 aliphatic carbocycles. The zero-order valence-electron chi connectivity index (χ0n) is 18.6. The summed E-state index contributed by atoms with van der Waals surface area (Å²) in [6.07, 6.45) is 5.87. The Kier molecular flexibility index (Phi) is 7.92. The second-order valence-corrected chi connectivity index (χ2v) is 7.94. The highest BCUT2D eigenvalue weighted by Crippen LogP contribution is 2.23. The molecule has 170 valence electrons. The average molecular weight is 440 g/mol. The predicted molar refractivity (Wildman–Crippen MR) is 120 cm³/mol. The Morgan fingerprint density at radius 1 is 1.19 bits per heavy atom. The molecule has 1 N–H and O–H groups in total. The van der Waals surface area contributed by atoms with Gasteiger partial charge in [-0.15, -0.1) is 0 Å². The molecule has 0 bridgehead atoms. The van der Waals surface area contributed by atoms with Gasteiger partial charge in [0.05, 0.1) is 30.3 Å². The molecule has 8 heteroatoms. The first-order valence-electron chi connectivity index (χ1n) is 11.1. The van der Waals surface area contributed by atoms with Gasteiger partial charge in [-0.2, -0.15) is 0 Å². The van der Waals surface area contributed by atoms with Crippen LogP contribution in [0, 0.1) is 0 Å². The number of aromatic nitrogens is 1. The Labute approximate surface area is 187 Å². The van der Waals surface area contributed by atoms with Gasteiger partial charge in [0.25, 0.3) is 5.91 Å². The molecule has 3 rings (SSSR count). The van der Waals surface area contributed by atoms with Crippen LogP contribution in [0.3, 0.4) is 0 Å². The molecule has 32 heavy (non-hydrogen) atoms. The van der Waals surface area contributed by atoms with Crippen molar-refractivity contribution in [1.82, 2.24) is 15.2 Å². The van der Waals surface area contributed by atoms with Crippen LogP contribution in [0.2, 0.25) is 0 Å². The van der Waals surface area contributed by atoms with Crippen LogP contribution in [0.15, 0.2) is 30.5 Å². The molecule has 1 saturated heterocycles. The van der Waals surface area contributed by atoms with E-state index in [1.54, 1.807) is 30.5 Å². The number of likely N-dealkylation sites (tertiary alicyclic amines) is 1. The average Bonchev–Trinajstić information content (AvgIpc) is 3.29. The topological polar surface area (TPSA) is 106 Å². The van der Waals surface area contributed by atoms with Crippen molar-refractivity contribution >= 4 is 34.3 Å². The van der Waals surface area contributed by atoms with Crippen molar-refractivity contribution in [1.29, 1.82) is 0 Å². The van der Waals surface area contributed by atoms with E-state index in [9.17, 15) is 19.2 Å². The lowest BCUT2D eigenvalue weighted by atomic mass is 10.1. The minimum Gasteiger partial charge on any atom is -0.494 e. The van der Waals surface area contributed by atoms with Crippen molar-refractivity contribution in [3.05, 3.63) is 36.0 Å². The van der Waals surface area contributed by atoms with Gasteiger partial charge in [0.2, 0.25) is 11.7 Å². The molecule has 1 aromatic heterocycles. The first-order chi connectivity index (χ1) is 15.4. The van der Waals surface area contributed by atoms with Crippen LogP contribution in [0.25, 0.3) is 10.9 Å². The number of benzene rings is 1. The molecule has 0 radical (unpaired) electrons. The Morgan fingerprint density at radius 2 is 2.00 bits per heavy atom. The molecule has 2 aromatic rings. The van der Waals surface area contributed by atoms with Crippen molar-refractivity contribution in [2.45, 2.75) is 52.0 Å². The molecule has 1 fully saturated rings. The van der Waals surface area contributed by atoms with E-state index < -0.39 is 23.5 Å². The molecule has 1 aromatic carbocycles. The molecule has 0 spiro atoms. The number of rotatable bonds is 10. The van der Waals surface area contributed by atoms with Gasteiger partial charge in [-0.25, -0.2) is 0 Å². The summed E-state index contributed by atoms with van der Waals surface area (Å²) in [6, 6.07) is 6.26. The second kappa shape index (κ2) is 10.8. The lowest BCUT2D eigenvalue weighted by Crippen LogP contribution is -2.46. The SMILES string of the molecule is CCCCCOc1ccc2c(C(=O)NCC(=O)N3CCCC3C(=O)C(C)=O)ccnc2c1. The number of pyridine rings is 1. The predicted octanol–water partition coefficient (Wildman–Crippen LogP) is 2.68. The van der Waals surface area contributed by atoms with Crippen molar-refractivity contribution in [3.8, 4) is 5.75 Å². The van der Waals surface area contributed by atoms with Crippen LogP contribution < -0.4 is 10.1 Å². The molecule has 8 nitrogen and oxygen atoms in total. The molecule has 2 heterocycles. The Balaban J connectivity index is 1.64. The number of ketones is 2. The van der Waals surface area contributed by atoms with Crippen LogP contribution >= 0.6 is 0 Å². The quantitative estimate of drug-likeness (QED) is 0.451. The number of fused-ring (bicyclic) bond motifs is 1. The molecule has 1 aliphatic heterocycles. The number of nitrogens with zero attached hydrogens (tertiary/aromatic N) is 2. The van der Waals surface area contributed by atoms with Gasteiger partial charge in [0.1, 0.15) is 5.75 Å². The Morgan fingerprint density at radius 3 is 2.75 bits per heavy atom. The minimum atomic E-state index is -0.727. The second-order valence-electron chi connectivity index (χ2n) is 7.94. The van der Waals surface area contributed by atoms with Gasteiger partial charge in [-0.05, 0) is 37.5 Å². The van der Waals surface area contributed by atoms with Gasteiger partial charge in [-0.1, -0.05) is 19.8 Å². The maximum Gasteiger partial charge on any atom is 0.252 e. The first kappa shape index (κ1) is 23.4. The number of ether oxygens (including phenoxy) is 1. The normalized spacial score (nSPS) is 15.6. The van der Waals surface area contributed by atoms with E-state index in [1.165, 1.54) is 11.8 Å². The molecule has 1 unspecified atom stereocenters. The van der Waals surface area contributed by atoms with E-state index in [1.807, 2.05) is 0 Å². The number of hydrogen-bond acceptors (Lipinski definition) is 6. The van der Waals surface area contributed by atoms with Crippen LogP contribution in [0.5, 0.6) is 5.75 Å². The molecule has 0 saturated carbocycles. The van der Waals surface area contributed by atoms with E-state index in [4.69, 9.17) is 4.74 Å². The van der Waals surface area contributed by atoms with Crippen LogP contribution in [0.4, 0.5) is 0 Å². The molecule has 1 atom stereocenters. The summed E-state index contributed by atoms with van der Waals surface area (Å²) in [4.78, 5) is 54.5. The lowest BCUT2D eigenvalue weighted by molar-refractivity contribution is -0.142. The van der Waals surface area contributed by atoms with Gasteiger partial charge < -0.3 is 15.0 Å². The summed E-state index contributed by atoms with van der Waals surface area (Å²) >= 11 is 0. The zero-order valence-corrected chi connectivity index (χ0v) is 18.6. The summed E-state index contributed by atoms with van der Waals surface area (Å²) in [7, 11) is 0. The Hall–Kier alpha value is -3.29. The third kappa shape index (κ3) is 5.49. The summed E-state index contributed by atoms with van der Waals surface area (Å²) in [6.45, 7) is 4.13. The van der Waals surface area contributed by atoms with Gasteiger partial charge >= 0.3 is 0 Å². The van der Waals surface area contributed by atoms with E-state index in [0.717, 1.165) is 19.3 Å². The highest BCUT2D eigenvalue weighted by Gasteiger charge is 2.35. The summed E-state index contributed by atoms with van der Waals surface area (Å²) < 4.78 is 5.76. The third-order valence-electron chi connectivity index (χ3n) is 5.60. The lowest BCUT2D eigenvalue weighted by Gasteiger charge is -2.23. The van der Waals surface area contributed by atoms with Crippen molar-refractivity contribution in [2.24, 2.45) is 0 Å². The van der Waals surface area contributed by atoms with Crippen molar-refractivity contribution in [3.63, 3.8) is 0 Å². The van der Waals surface area contributed by atoms with Gasteiger partial charge in [0, 0.05) is 31.1 Å². The maximum atomic E-state index is 12.8. The number of amides is 2. The molecular weight excluding hydrogens is 410 g/mol. The van der Waals surface area contributed by atoms with Crippen LogP contribution in [-0.2, 0) is 14.4 Å². The fourth-order valence-corrected chi connectivity index (χ4v) is 3.88. The van der Waals surface area contributed by atoms with Crippen molar-refractivity contribution in [2.75, 3.05) is 19.7 Å². The highest BCUT2D eigenvalue weighted by molar-refractivity contribution is 6.38. The van der Waals surface area contributed by atoms with Crippen LogP contribution in [0.1, 0.15) is 56.3 Å². The third-order valence-corrected chi connectivity index (χ3v) is 5.60. The Bertz CT molecular complexity index is 1020. The van der Waals surface area contributed by atoms with Crippen LogP contribution in [-0.4, -0.2) is 59.0 Å². The molecule has 2 amide bonds. The molecule has 1 aliphatic rings. The fourth-order valence-electron chi connectivity index (χ4n) is 3.88. The smallest absolute Gasteiger partial charge is 0.252 e. The van der Waals surface area contributed by atoms with Gasteiger partial charge in [0.15, 0.2) is 5.78 Å². The summed E-state index contributed by atoms with van der Waals surface area (Å²) in [5.41, 5.74) is 1.03. The monoisotopic (exact) mass is 439 g/mol. The van der Waals surface area contributed by atoms with E-state index >= 15 is 0 Å². The maximum absolute atomic E-state index is 12.8. The summed E-state index contributed by atoms with van der Waals surface area (Å²) in [5.74, 6) is -1.21. The van der Waals surface area contributed by atoms with E-state index in [-0.39, 0.29) is 12.5 Å². The number of carbonyl (C=O) groups excluding carboxylic acids is 4. The number of unbranched alkanes of at least 4 members (excludes halogenated alkanes) is 2. The van der Waals surface area contributed by atoms with Crippen molar-refractivity contribution < 1.29 is 23.9 Å². The largest absolute Gasteiger partial charge is 0.494 e. The molecular formula is C24H29N3O5. The number of Topliss-reactive ketones (excluding diaryl/α,β-unsaturated/α-hetero) is 2. The van der Waals surface area contributed by atoms with E-state index in [2.05, 4.69) is 17.2 Å². The first-order valence-corrected chi connectivity index (χ1v) is 11.1.